The number of hydrogen-bond acceptors (Lipinski definition) is 6. The van der Waals surface area contributed by atoms with Crippen molar-refractivity contribution in [3.8, 4) is 5.75 Å². The fourth-order valence-corrected chi connectivity index (χ4v) is 3.49. The van der Waals surface area contributed by atoms with Crippen molar-refractivity contribution in [3.63, 3.8) is 0 Å². The first-order valence-corrected chi connectivity index (χ1v) is 9.67. The second-order valence-electron chi connectivity index (χ2n) is 5.09. The molecular formula is C17H16BrNO6S. The highest BCUT2D eigenvalue weighted by molar-refractivity contribution is 9.10. The van der Waals surface area contributed by atoms with Crippen LogP contribution in [0.2, 0.25) is 0 Å². The molecule has 0 aromatic heterocycles. The first kappa shape index (κ1) is 20.1. The van der Waals surface area contributed by atoms with Crippen LogP contribution in [0.3, 0.4) is 0 Å². The summed E-state index contributed by atoms with van der Waals surface area (Å²) >= 11 is 3.18. The van der Waals surface area contributed by atoms with Crippen molar-refractivity contribution >= 4 is 37.7 Å². The maximum atomic E-state index is 12.1. The van der Waals surface area contributed by atoms with E-state index in [9.17, 15) is 18.0 Å². The Hall–Kier alpha value is -2.23. The zero-order chi connectivity index (χ0) is 19.2. The lowest BCUT2D eigenvalue weighted by Crippen LogP contribution is -2.31. The molecule has 0 amide bonds. The topological polar surface area (TPSA) is 98.8 Å². The van der Waals surface area contributed by atoms with Gasteiger partial charge in [0.25, 0.3) is 0 Å². The van der Waals surface area contributed by atoms with Gasteiger partial charge in [0.05, 0.1) is 12.0 Å². The molecule has 0 aliphatic rings. The Balaban J connectivity index is 1.85. The monoisotopic (exact) mass is 441 g/mol. The summed E-state index contributed by atoms with van der Waals surface area (Å²) in [5.74, 6) is -0.665. The number of carbonyl (C=O) groups is 2. The molecule has 0 atom stereocenters. The molecule has 0 unspecified atom stereocenters. The van der Waals surface area contributed by atoms with Crippen molar-refractivity contribution in [1.29, 1.82) is 0 Å². The predicted octanol–water partition coefficient (Wildman–Crippen LogP) is 2.16. The lowest BCUT2D eigenvalue weighted by atomic mass is 10.1. The van der Waals surface area contributed by atoms with Crippen molar-refractivity contribution in [2.24, 2.45) is 0 Å². The van der Waals surface area contributed by atoms with Gasteiger partial charge >= 0.3 is 5.97 Å². The quantitative estimate of drug-likeness (QED) is 0.497. The number of rotatable bonds is 8. The normalized spacial score (nSPS) is 11.0. The number of sulfonamides is 1. The molecule has 26 heavy (non-hydrogen) atoms. The fraction of sp³-hybridized carbons (Fsp3) is 0.176. The summed E-state index contributed by atoms with van der Waals surface area (Å²) in [5.41, 5.74) is 0.355. The molecule has 1 N–H and O–H groups in total. The van der Waals surface area contributed by atoms with Gasteiger partial charge in [-0.3, -0.25) is 9.59 Å². The zero-order valence-corrected chi connectivity index (χ0v) is 16.2. The van der Waals surface area contributed by atoms with E-state index in [1.54, 1.807) is 36.4 Å². The largest absolute Gasteiger partial charge is 0.497 e. The standard InChI is InChI=1S/C17H16BrNO6S/c1-24-14-7-5-12(6-8-14)16(20)11-25-17(21)10-19-26(22,23)15-4-2-3-13(18)9-15/h2-9,19H,10-11H2,1H3. The van der Waals surface area contributed by atoms with Gasteiger partial charge in [-0.1, -0.05) is 22.0 Å². The van der Waals surface area contributed by atoms with Crippen LogP contribution in [-0.2, 0) is 19.6 Å². The minimum absolute atomic E-state index is 0.00832. The van der Waals surface area contributed by atoms with E-state index in [0.717, 1.165) is 0 Å². The van der Waals surface area contributed by atoms with Crippen LogP contribution in [0.1, 0.15) is 10.4 Å². The van der Waals surface area contributed by atoms with Gasteiger partial charge in [-0.15, -0.1) is 0 Å². The van der Waals surface area contributed by atoms with Crippen molar-refractivity contribution in [2.75, 3.05) is 20.3 Å². The number of ether oxygens (including phenoxy) is 2. The van der Waals surface area contributed by atoms with Crippen LogP contribution in [0.15, 0.2) is 57.9 Å². The van der Waals surface area contributed by atoms with Crippen LogP contribution in [0.4, 0.5) is 0 Å². The molecule has 2 aromatic carbocycles. The summed E-state index contributed by atoms with van der Waals surface area (Å²) in [6, 6.07) is 12.4. The number of nitrogens with one attached hydrogen (secondary N) is 1. The van der Waals surface area contributed by atoms with Gasteiger partial charge in [0.15, 0.2) is 12.4 Å². The second-order valence-corrected chi connectivity index (χ2v) is 7.78. The van der Waals surface area contributed by atoms with Gasteiger partial charge in [0.1, 0.15) is 12.3 Å². The molecule has 0 aliphatic carbocycles. The summed E-state index contributed by atoms with van der Waals surface area (Å²) in [6.45, 7) is -1.06. The van der Waals surface area contributed by atoms with Gasteiger partial charge in [0.2, 0.25) is 10.0 Å². The first-order chi connectivity index (χ1) is 12.3. The lowest BCUT2D eigenvalue weighted by molar-refractivity contribution is -0.141. The van der Waals surface area contributed by atoms with Gasteiger partial charge in [0, 0.05) is 10.0 Å². The number of halogens is 1. The molecule has 0 fully saturated rings. The number of carbonyl (C=O) groups excluding carboxylic acids is 2. The van der Waals surface area contributed by atoms with Crippen LogP contribution >= 0.6 is 15.9 Å². The third-order valence-corrected chi connectivity index (χ3v) is 5.18. The smallest absolute Gasteiger partial charge is 0.321 e. The lowest BCUT2D eigenvalue weighted by Gasteiger charge is -2.08. The molecule has 0 saturated heterocycles. The first-order valence-electron chi connectivity index (χ1n) is 7.40. The molecular weight excluding hydrogens is 426 g/mol. The molecule has 0 radical (unpaired) electrons. The van der Waals surface area contributed by atoms with Crippen molar-refractivity contribution in [2.45, 2.75) is 4.90 Å². The van der Waals surface area contributed by atoms with Crippen molar-refractivity contribution < 1.29 is 27.5 Å². The molecule has 2 rings (SSSR count). The molecule has 0 aliphatic heterocycles. The van der Waals surface area contributed by atoms with E-state index >= 15 is 0 Å². The maximum Gasteiger partial charge on any atom is 0.321 e. The molecule has 0 heterocycles. The minimum Gasteiger partial charge on any atom is -0.497 e. The number of ketones is 1. The Kier molecular flexibility index (Phi) is 6.90. The van der Waals surface area contributed by atoms with Gasteiger partial charge in [-0.25, -0.2) is 8.42 Å². The van der Waals surface area contributed by atoms with E-state index in [1.807, 2.05) is 0 Å². The van der Waals surface area contributed by atoms with Gasteiger partial charge < -0.3 is 9.47 Å². The van der Waals surface area contributed by atoms with E-state index in [2.05, 4.69) is 20.7 Å². The van der Waals surface area contributed by atoms with Crippen LogP contribution in [0, 0.1) is 0 Å². The van der Waals surface area contributed by atoms with E-state index < -0.39 is 34.9 Å². The molecule has 9 heteroatoms. The highest BCUT2D eigenvalue weighted by atomic mass is 79.9. The Labute approximate surface area is 159 Å². The summed E-state index contributed by atoms with van der Waals surface area (Å²) in [7, 11) is -2.35. The third kappa shape index (κ3) is 5.65. The molecule has 7 nitrogen and oxygen atoms in total. The molecule has 0 saturated carbocycles. The van der Waals surface area contributed by atoms with Crippen LogP contribution in [0.25, 0.3) is 0 Å². The van der Waals surface area contributed by atoms with Crippen molar-refractivity contribution in [1.82, 2.24) is 4.72 Å². The van der Waals surface area contributed by atoms with Crippen LogP contribution in [-0.4, -0.2) is 40.4 Å². The summed E-state index contributed by atoms with van der Waals surface area (Å²) in [5, 5.41) is 0. The maximum absolute atomic E-state index is 12.1. The molecule has 0 bridgehead atoms. The Morgan fingerprint density at radius 2 is 1.81 bits per heavy atom. The predicted molar refractivity (Wildman–Crippen MR) is 97.6 cm³/mol. The Morgan fingerprint density at radius 1 is 1.12 bits per heavy atom. The van der Waals surface area contributed by atoms with E-state index in [0.29, 0.717) is 15.8 Å². The van der Waals surface area contributed by atoms with Crippen LogP contribution < -0.4 is 9.46 Å². The average Bonchev–Trinajstić information content (AvgIpc) is 2.64. The van der Waals surface area contributed by atoms with Gasteiger partial charge in [-0.2, -0.15) is 4.72 Å². The van der Waals surface area contributed by atoms with Crippen molar-refractivity contribution in [3.05, 3.63) is 58.6 Å². The zero-order valence-electron chi connectivity index (χ0n) is 13.8. The molecule has 138 valence electrons. The molecule has 2 aromatic rings. The number of esters is 1. The molecule has 0 spiro atoms. The second kappa shape index (κ2) is 8.93. The highest BCUT2D eigenvalue weighted by Gasteiger charge is 2.17. The minimum atomic E-state index is -3.86. The number of benzene rings is 2. The van der Waals surface area contributed by atoms with Gasteiger partial charge in [-0.05, 0) is 42.5 Å². The summed E-state index contributed by atoms with van der Waals surface area (Å²) in [4.78, 5) is 23.6. The summed E-state index contributed by atoms with van der Waals surface area (Å²) < 4.78 is 36.7. The Morgan fingerprint density at radius 3 is 2.42 bits per heavy atom. The average molecular weight is 442 g/mol. The SMILES string of the molecule is COc1ccc(C(=O)COC(=O)CNS(=O)(=O)c2cccc(Br)c2)cc1. The Bertz CT molecular complexity index is 896. The van der Waals surface area contributed by atoms with E-state index in [1.165, 1.54) is 19.2 Å². The summed E-state index contributed by atoms with van der Waals surface area (Å²) in [6.07, 6.45) is 0. The van der Waals surface area contributed by atoms with E-state index in [-0.39, 0.29) is 4.90 Å². The third-order valence-electron chi connectivity index (χ3n) is 3.29. The number of Topliss-reactive ketones (excluding diaryl/α,β-unsaturated/α-hetero) is 1. The number of methoxy groups -OCH3 is 1. The highest BCUT2D eigenvalue weighted by Crippen LogP contribution is 2.15. The van der Waals surface area contributed by atoms with E-state index in [4.69, 9.17) is 9.47 Å². The van der Waals surface area contributed by atoms with Crippen LogP contribution in [0.5, 0.6) is 5.75 Å². The fourth-order valence-electron chi connectivity index (χ4n) is 1.93. The number of hydrogen-bond donors (Lipinski definition) is 1.